The van der Waals surface area contributed by atoms with Gasteiger partial charge < -0.3 is 19.8 Å². The summed E-state index contributed by atoms with van der Waals surface area (Å²) < 4.78 is 11.0. The van der Waals surface area contributed by atoms with Crippen LogP contribution >= 0.6 is 11.6 Å². The summed E-state index contributed by atoms with van der Waals surface area (Å²) in [6, 6.07) is 17.1. The number of hydrogen-bond acceptors (Lipinski definition) is 4. The number of ether oxygens (including phenoxy) is 1. The van der Waals surface area contributed by atoms with E-state index in [1.54, 1.807) is 66.9 Å². The maximum absolute atomic E-state index is 12.7. The van der Waals surface area contributed by atoms with E-state index >= 15 is 0 Å². The van der Waals surface area contributed by atoms with Gasteiger partial charge in [-0.3, -0.25) is 9.59 Å². The van der Waals surface area contributed by atoms with Crippen molar-refractivity contribution in [1.82, 2.24) is 5.32 Å². The van der Waals surface area contributed by atoms with E-state index in [-0.39, 0.29) is 18.4 Å². The van der Waals surface area contributed by atoms with Gasteiger partial charge in [0, 0.05) is 5.02 Å². The molecule has 2 aromatic carbocycles. The van der Waals surface area contributed by atoms with Crippen LogP contribution < -0.4 is 15.4 Å². The molecule has 0 aliphatic heterocycles. The van der Waals surface area contributed by atoms with Crippen LogP contribution in [-0.4, -0.2) is 17.9 Å². The molecule has 2 amide bonds. The molecule has 1 aromatic heterocycles. The Bertz CT molecular complexity index is 955. The number of halogens is 1. The fourth-order valence-corrected chi connectivity index (χ4v) is 2.80. The van der Waals surface area contributed by atoms with E-state index in [0.29, 0.717) is 34.2 Å². The predicted molar refractivity (Wildman–Crippen MR) is 111 cm³/mol. The van der Waals surface area contributed by atoms with Crippen molar-refractivity contribution in [2.24, 2.45) is 0 Å². The molecule has 0 fully saturated rings. The van der Waals surface area contributed by atoms with Crippen molar-refractivity contribution in [1.29, 1.82) is 0 Å². The van der Waals surface area contributed by atoms with Crippen LogP contribution in [0.5, 0.6) is 5.75 Å². The highest BCUT2D eigenvalue weighted by Gasteiger charge is 2.21. The second-order valence-electron chi connectivity index (χ2n) is 6.27. The molecule has 0 aliphatic carbocycles. The Morgan fingerprint density at radius 2 is 1.83 bits per heavy atom. The van der Waals surface area contributed by atoms with E-state index in [9.17, 15) is 9.59 Å². The molecule has 0 spiro atoms. The summed E-state index contributed by atoms with van der Waals surface area (Å²) in [6.07, 6.45) is 1.29. The van der Waals surface area contributed by atoms with Crippen LogP contribution in [-0.2, 0) is 11.3 Å². The minimum atomic E-state index is -0.713. The molecular weight excluding hydrogens is 392 g/mol. The summed E-state index contributed by atoms with van der Waals surface area (Å²) in [4.78, 5) is 25.3. The predicted octanol–water partition coefficient (Wildman–Crippen LogP) is 4.66. The van der Waals surface area contributed by atoms with Crippen LogP contribution in [0, 0.1) is 0 Å². The molecule has 150 valence electrons. The standard InChI is InChI=1S/C22H21ClN2O4/c1-2-20(29-16-11-9-15(23)10-12-16)22(27)25-19-8-4-3-7-18(19)21(26)24-14-17-6-5-13-28-17/h3-13,20H,2,14H2,1H3,(H,24,26)(H,25,27)/t20-/m0/s1. The number of carbonyl (C=O) groups excluding carboxylic acids is 2. The maximum Gasteiger partial charge on any atom is 0.265 e. The molecular formula is C22H21ClN2O4. The molecule has 0 saturated carbocycles. The Hall–Kier alpha value is -3.25. The average Bonchev–Trinajstić information content (AvgIpc) is 3.25. The van der Waals surface area contributed by atoms with Crippen molar-refractivity contribution in [2.45, 2.75) is 26.0 Å². The number of para-hydroxylation sites is 1. The summed E-state index contributed by atoms with van der Waals surface area (Å²) in [6.45, 7) is 2.10. The van der Waals surface area contributed by atoms with Gasteiger partial charge >= 0.3 is 0 Å². The van der Waals surface area contributed by atoms with Crippen LogP contribution in [0.4, 0.5) is 5.69 Å². The smallest absolute Gasteiger partial charge is 0.265 e. The Kier molecular flexibility index (Phi) is 6.92. The Morgan fingerprint density at radius 1 is 1.07 bits per heavy atom. The molecule has 0 aliphatic rings. The van der Waals surface area contributed by atoms with Gasteiger partial charge in [-0.05, 0) is 55.0 Å². The van der Waals surface area contributed by atoms with E-state index in [0.717, 1.165) is 0 Å². The number of benzene rings is 2. The van der Waals surface area contributed by atoms with E-state index in [4.69, 9.17) is 20.8 Å². The maximum atomic E-state index is 12.7. The van der Waals surface area contributed by atoms with E-state index < -0.39 is 6.10 Å². The zero-order valence-corrected chi connectivity index (χ0v) is 16.6. The monoisotopic (exact) mass is 412 g/mol. The Labute approximate surface area is 173 Å². The quantitative estimate of drug-likeness (QED) is 0.564. The number of carbonyl (C=O) groups is 2. The lowest BCUT2D eigenvalue weighted by molar-refractivity contribution is -0.122. The first-order valence-electron chi connectivity index (χ1n) is 9.19. The number of hydrogen-bond donors (Lipinski definition) is 2. The third-order valence-electron chi connectivity index (χ3n) is 4.19. The first kappa shape index (κ1) is 20.5. The lowest BCUT2D eigenvalue weighted by atomic mass is 10.1. The molecule has 1 heterocycles. The third-order valence-corrected chi connectivity index (χ3v) is 4.44. The van der Waals surface area contributed by atoms with Crippen molar-refractivity contribution in [2.75, 3.05) is 5.32 Å². The molecule has 3 rings (SSSR count). The number of anilines is 1. The van der Waals surface area contributed by atoms with Gasteiger partial charge in [0.15, 0.2) is 6.10 Å². The van der Waals surface area contributed by atoms with Crippen molar-refractivity contribution < 1.29 is 18.7 Å². The topological polar surface area (TPSA) is 80.6 Å². The van der Waals surface area contributed by atoms with Gasteiger partial charge in [0.1, 0.15) is 11.5 Å². The van der Waals surface area contributed by atoms with Gasteiger partial charge in [-0.2, -0.15) is 0 Å². The van der Waals surface area contributed by atoms with Gasteiger partial charge in [0.05, 0.1) is 24.1 Å². The highest BCUT2D eigenvalue weighted by molar-refractivity contribution is 6.30. The summed E-state index contributed by atoms with van der Waals surface area (Å²) in [5.74, 6) is 0.529. The number of rotatable bonds is 8. The fourth-order valence-electron chi connectivity index (χ4n) is 2.68. The van der Waals surface area contributed by atoms with Crippen molar-refractivity contribution in [3.05, 3.63) is 83.3 Å². The van der Waals surface area contributed by atoms with Crippen LogP contribution in [0.3, 0.4) is 0 Å². The molecule has 6 nitrogen and oxygen atoms in total. The van der Waals surface area contributed by atoms with Crippen molar-refractivity contribution in [3.63, 3.8) is 0 Å². The lowest BCUT2D eigenvalue weighted by Gasteiger charge is -2.18. The Morgan fingerprint density at radius 3 is 2.52 bits per heavy atom. The number of furan rings is 1. The van der Waals surface area contributed by atoms with Crippen LogP contribution in [0.25, 0.3) is 0 Å². The highest BCUT2D eigenvalue weighted by Crippen LogP contribution is 2.20. The third kappa shape index (κ3) is 5.62. The minimum Gasteiger partial charge on any atom is -0.481 e. The molecule has 0 saturated heterocycles. The molecule has 0 unspecified atom stereocenters. The molecule has 3 aromatic rings. The summed E-state index contributed by atoms with van der Waals surface area (Å²) in [5.41, 5.74) is 0.765. The molecule has 2 N–H and O–H groups in total. The molecule has 29 heavy (non-hydrogen) atoms. The van der Waals surface area contributed by atoms with E-state index in [1.165, 1.54) is 0 Å². The second-order valence-corrected chi connectivity index (χ2v) is 6.70. The van der Waals surface area contributed by atoms with Gasteiger partial charge in [-0.15, -0.1) is 0 Å². The minimum absolute atomic E-state index is 0.255. The average molecular weight is 413 g/mol. The largest absolute Gasteiger partial charge is 0.481 e. The summed E-state index contributed by atoms with van der Waals surface area (Å²) >= 11 is 5.88. The van der Waals surface area contributed by atoms with Crippen LogP contribution in [0.15, 0.2) is 71.3 Å². The first-order valence-corrected chi connectivity index (χ1v) is 9.57. The van der Waals surface area contributed by atoms with Crippen molar-refractivity contribution >= 4 is 29.1 Å². The summed E-state index contributed by atoms with van der Waals surface area (Å²) in [7, 11) is 0. The second kappa shape index (κ2) is 9.80. The molecule has 7 heteroatoms. The van der Waals surface area contributed by atoms with E-state index in [1.807, 2.05) is 6.92 Å². The summed E-state index contributed by atoms with van der Waals surface area (Å²) in [5, 5.41) is 6.16. The van der Waals surface area contributed by atoms with Gasteiger partial charge in [0.25, 0.3) is 11.8 Å². The number of nitrogens with one attached hydrogen (secondary N) is 2. The zero-order chi connectivity index (χ0) is 20.6. The molecule has 1 atom stereocenters. The highest BCUT2D eigenvalue weighted by atomic mass is 35.5. The van der Waals surface area contributed by atoms with Gasteiger partial charge in [-0.1, -0.05) is 30.7 Å². The fraction of sp³-hybridized carbons (Fsp3) is 0.182. The Balaban J connectivity index is 1.67. The molecule has 0 bridgehead atoms. The SMILES string of the molecule is CC[C@H](Oc1ccc(Cl)cc1)C(=O)Nc1ccccc1C(=O)NCc1ccco1. The zero-order valence-electron chi connectivity index (χ0n) is 15.9. The van der Waals surface area contributed by atoms with E-state index in [2.05, 4.69) is 10.6 Å². The van der Waals surface area contributed by atoms with Gasteiger partial charge in [0.2, 0.25) is 0 Å². The molecule has 0 radical (unpaired) electrons. The van der Waals surface area contributed by atoms with Crippen molar-refractivity contribution in [3.8, 4) is 5.75 Å². The number of amides is 2. The van der Waals surface area contributed by atoms with Crippen LogP contribution in [0.2, 0.25) is 5.02 Å². The normalized spacial score (nSPS) is 11.5. The van der Waals surface area contributed by atoms with Crippen LogP contribution in [0.1, 0.15) is 29.5 Å². The van der Waals surface area contributed by atoms with Gasteiger partial charge in [-0.25, -0.2) is 0 Å². The first-order chi connectivity index (χ1) is 14.1. The lowest BCUT2D eigenvalue weighted by Crippen LogP contribution is -2.33.